The maximum Gasteiger partial charge on any atom is 0.416 e. The molecule has 180 valence electrons. The molecule has 1 aliphatic heterocycles. The van der Waals surface area contributed by atoms with Gasteiger partial charge in [0.15, 0.2) is 0 Å². The highest BCUT2D eigenvalue weighted by molar-refractivity contribution is 6.31. The molecule has 1 aromatic heterocycles. The molecule has 3 aromatic carbocycles. The Bertz CT molecular complexity index is 1330. The first kappa shape index (κ1) is 23.3. The van der Waals surface area contributed by atoms with Crippen molar-refractivity contribution >= 4 is 28.6 Å². The van der Waals surface area contributed by atoms with Gasteiger partial charge >= 0.3 is 6.09 Å². The minimum atomic E-state index is -0.399. The average molecular weight is 491 g/mol. The van der Waals surface area contributed by atoms with Crippen LogP contribution >= 0.6 is 11.6 Å². The molecule has 0 saturated carbocycles. The van der Waals surface area contributed by atoms with Crippen LogP contribution in [0.4, 0.5) is 4.79 Å². The average Bonchev–Trinajstić information content (AvgIpc) is 3.23. The fraction of sp³-hybridized carbons (Fsp3) is 0.250. The number of carbonyl (C=O) groups is 1. The van der Waals surface area contributed by atoms with Crippen molar-refractivity contribution in [1.29, 1.82) is 0 Å². The summed E-state index contributed by atoms with van der Waals surface area (Å²) in [4.78, 5) is 18.7. The SMILES string of the molecule is Cc1ccc(OC(=O)N2CCc3c([nH]c4ccc(Cl)cc34)[C@@H]2c2ccc(OCCCO)cc2)cc1. The molecule has 1 aliphatic rings. The number of ether oxygens (including phenoxy) is 2. The predicted octanol–water partition coefficient (Wildman–Crippen LogP) is 6.04. The molecule has 0 bridgehead atoms. The van der Waals surface area contributed by atoms with Crippen molar-refractivity contribution < 1.29 is 19.4 Å². The minimum absolute atomic E-state index is 0.0887. The Balaban J connectivity index is 1.51. The summed E-state index contributed by atoms with van der Waals surface area (Å²) in [5.74, 6) is 1.23. The summed E-state index contributed by atoms with van der Waals surface area (Å²) in [7, 11) is 0. The second kappa shape index (κ2) is 10.0. The Labute approximate surface area is 209 Å². The first-order valence-electron chi connectivity index (χ1n) is 11.7. The first-order valence-corrected chi connectivity index (χ1v) is 12.1. The lowest BCUT2D eigenvalue weighted by Crippen LogP contribution is -2.42. The Morgan fingerprint density at radius 1 is 1.09 bits per heavy atom. The zero-order valence-electron chi connectivity index (χ0n) is 19.5. The van der Waals surface area contributed by atoms with Gasteiger partial charge in [0.25, 0.3) is 0 Å². The minimum Gasteiger partial charge on any atom is -0.494 e. The monoisotopic (exact) mass is 490 g/mol. The summed E-state index contributed by atoms with van der Waals surface area (Å²) in [6, 6.07) is 20.6. The first-order chi connectivity index (χ1) is 17.0. The van der Waals surface area contributed by atoms with Gasteiger partial charge in [-0.1, -0.05) is 41.4 Å². The lowest BCUT2D eigenvalue weighted by Gasteiger charge is -2.35. The number of hydrogen-bond acceptors (Lipinski definition) is 4. The summed E-state index contributed by atoms with van der Waals surface area (Å²) in [6.45, 7) is 3.04. The summed E-state index contributed by atoms with van der Waals surface area (Å²) < 4.78 is 11.5. The molecule has 4 aromatic rings. The number of rotatable bonds is 6. The molecule has 0 fully saturated rings. The molecule has 0 aliphatic carbocycles. The molecule has 0 spiro atoms. The zero-order valence-corrected chi connectivity index (χ0v) is 20.2. The largest absolute Gasteiger partial charge is 0.494 e. The van der Waals surface area contributed by atoms with E-state index < -0.39 is 6.09 Å². The second-order valence-electron chi connectivity index (χ2n) is 8.73. The van der Waals surface area contributed by atoms with E-state index in [1.807, 2.05) is 61.5 Å². The van der Waals surface area contributed by atoms with E-state index in [4.69, 9.17) is 26.2 Å². The van der Waals surface area contributed by atoms with Gasteiger partial charge in [-0.25, -0.2) is 4.79 Å². The van der Waals surface area contributed by atoms with Gasteiger partial charge in [-0.2, -0.15) is 0 Å². The number of aryl methyl sites for hydroxylation is 1. The van der Waals surface area contributed by atoms with Crippen LogP contribution in [0.15, 0.2) is 66.7 Å². The quantitative estimate of drug-likeness (QED) is 0.323. The standard InChI is InChI=1S/C28H27ClN2O4/c1-18-3-8-22(9-4-18)35-28(33)31-14-13-23-24-17-20(29)7-12-25(24)30-26(23)27(31)19-5-10-21(11-6-19)34-16-2-15-32/h3-12,17,27,30,32H,2,13-16H2,1H3/t27-/m0/s1. The number of amides is 1. The molecule has 0 unspecified atom stereocenters. The number of aliphatic hydroxyl groups is 1. The highest BCUT2D eigenvalue weighted by atomic mass is 35.5. The van der Waals surface area contributed by atoms with E-state index >= 15 is 0 Å². The lowest BCUT2D eigenvalue weighted by molar-refractivity contribution is 0.135. The third-order valence-electron chi connectivity index (χ3n) is 6.32. The van der Waals surface area contributed by atoms with Gasteiger partial charge in [0.1, 0.15) is 17.5 Å². The smallest absolute Gasteiger partial charge is 0.416 e. The van der Waals surface area contributed by atoms with Crippen LogP contribution in [0.25, 0.3) is 10.9 Å². The predicted molar refractivity (Wildman–Crippen MR) is 136 cm³/mol. The molecule has 1 atom stereocenters. The molecule has 0 saturated heterocycles. The second-order valence-corrected chi connectivity index (χ2v) is 9.17. The Morgan fingerprint density at radius 2 is 1.83 bits per heavy atom. The number of carbonyl (C=O) groups excluding carboxylic acids is 1. The number of benzene rings is 3. The van der Waals surface area contributed by atoms with Gasteiger partial charge in [-0.3, -0.25) is 4.90 Å². The number of fused-ring (bicyclic) bond motifs is 3. The van der Waals surface area contributed by atoms with E-state index in [9.17, 15) is 4.79 Å². The Morgan fingerprint density at radius 3 is 2.57 bits per heavy atom. The van der Waals surface area contributed by atoms with Gasteiger partial charge in [0.2, 0.25) is 0 Å². The summed E-state index contributed by atoms with van der Waals surface area (Å²) in [5.41, 5.74) is 5.16. The number of halogens is 1. The van der Waals surface area contributed by atoms with Crippen LogP contribution in [-0.2, 0) is 6.42 Å². The van der Waals surface area contributed by atoms with Crippen LogP contribution in [0, 0.1) is 6.92 Å². The normalized spacial score (nSPS) is 15.2. The van der Waals surface area contributed by atoms with Crippen molar-refractivity contribution in [2.24, 2.45) is 0 Å². The van der Waals surface area contributed by atoms with Crippen molar-refractivity contribution in [2.75, 3.05) is 19.8 Å². The molecular formula is C28H27ClN2O4. The molecule has 2 heterocycles. The van der Waals surface area contributed by atoms with E-state index in [2.05, 4.69) is 4.98 Å². The number of aromatic amines is 1. The van der Waals surface area contributed by atoms with Crippen LogP contribution < -0.4 is 9.47 Å². The van der Waals surface area contributed by atoms with E-state index in [-0.39, 0.29) is 12.6 Å². The number of aliphatic hydroxyl groups excluding tert-OH is 1. The highest BCUT2D eigenvalue weighted by Crippen LogP contribution is 2.40. The zero-order chi connectivity index (χ0) is 24.4. The van der Waals surface area contributed by atoms with E-state index in [0.717, 1.165) is 39.0 Å². The van der Waals surface area contributed by atoms with E-state index in [1.165, 1.54) is 0 Å². The number of nitrogens with one attached hydrogen (secondary N) is 1. The molecule has 2 N–H and O–H groups in total. The Hall–Kier alpha value is -3.48. The Kier molecular flexibility index (Phi) is 6.66. The topological polar surface area (TPSA) is 74.8 Å². The van der Waals surface area contributed by atoms with Gasteiger partial charge in [0.05, 0.1) is 6.61 Å². The number of hydrogen-bond donors (Lipinski definition) is 2. The van der Waals surface area contributed by atoms with Gasteiger partial charge < -0.3 is 19.6 Å². The van der Waals surface area contributed by atoms with Crippen LogP contribution in [0.2, 0.25) is 5.02 Å². The number of nitrogens with zero attached hydrogens (tertiary/aromatic N) is 1. The summed E-state index contributed by atoms with van der Waals surface area (Å²) in [6.07, 6.45) is 0.867. The fourth-order valence-electron chi connectivity index (χ4n) is 4.57. The molecule has 0 radical (unpaired) electrons. The lowest BCUT2D eigenvalue weighted by atomic mass is 9.92. The van der Waals surface area contributed by atoms with Crippen LogP contribution in [0.1, 0.15) is 34.8 Å². The summed E-state index contributed by atoms with van der Waals surface area (Å²) >= 11 is 6.29. The number of H-pyrrole nitrogens is 1. The maximum absolute atomic E-state index is 13.4. The molecular weight excluding hydrogens is 464 g/mol. The van der Waals surface area contributed by atoms with Crippen molar-refractivity contribution in [3.8, 4) is 11.5 Å². The van der Waals surface area contributed by atoms with Crippen molar-refractivity contribution in [2.45, 2.75) is 25.8 Å². The third kappa shape index (κ3) is 4.85. The molecule has 7 heteroatoms. The van der Waals surface area contributed by atoms with Crippen molar-refractivity contribution in [3.63, 3.8) is 0 Å². The summed E-state index contributed by atoms with van der Waals surface area (Å²) in [5, 5.41) is 10.7. The fourth-order valence-corrected chi connectivity index (χ4v) is 4.74. The molecule has 6 nitrogen and oxygen atoms in total. The van der Waals surface area contributed by atoms with Gasteiger partial charge in [-0.05, 0) is 66.9 Å². The third-order valence-corrected chi connectivity index (χ3v) is 6.55. The van der Waals surface area contributed by atoms with Crippen molar-refractivity contribution in [3.05, 3.63) is 94.1 Å². The van der Waals surface area contributed by atoms with E-state index in [1.54, 1.807) is 17.0 Å². The van der Waals surface area contributed by atoms with Crippen molar-refractivity contribution in [1.82, 2.24) is 9.88 Å². The van der Waals surface area contributed by atoms with E-state index in [0.29, 0.717) is 36.8 Å². The van der Waals surface area contributed by atoms with Crippen LogP contribution in [0.3, 0.4) is 0 Å². The van der Waals surface area contributed by atoms with Crippen LogP contribution in [0.5, 0.6) is 11.5 Å². The van der Waals surface area contributed by atoms with Gasteiger partial charge in [0, 0.05) is 41.2 Å². The molecule has 1 amide bonds. The van der Waals surface area contributed by atoms with Crippen LogP contribution in [-0.4, -0.2) is 40.8 Å². The highest BCUT2D eigenvalue weighted by Gasteiger charge is 2.35. The molecule has 5 rings (SSSR count). The maximum atomic E-state index is 13.4. The molecule has 35 heavy (non-hydrogen) atoms. The number of aromatic nitrogens is 1. The van der Waals surface area contributed by atoms with Gasteiger partial charge in [-0.15, -0.1) is 0 Å².